The van der Waals surface area contributed by atoms with Crippen LogP contribution in [0.2, 0.25) is 0 Å². The van der Waals surface area contributed by atoms with Crippen molar-refractivity contribution in [1.29, 1.82) is 0 Å². The minimum Gasteiger partial charge on any atom is -0.467 e. The minimum atomic E-state index is -0.0370. The van der Waals surface area contributed by atoms with E-state index in [1.807, 2.05) is 0 Å². The van der Waals surface area contributed by atoms with Crippen molar-refractivity contribution >= 4 is 17.4 Å². The number of hydrogen-bond acceptors (Lipinski definition) is 5. The smallest absolute Gasteiger partial charge is 0.271 e. The molecule has 0 amide bonds. The SMILES string of the molecule is NNC(=S)OC[C@H]1COCCO1. The van der Waals surface area contributed by atoms with Crippen LogP contribution in [0.3, 0.4) is 0 Å². The molecule has 1 fully saturated rings. The lowest BCUT2D eigenvalue weighted by molar-refractivity contribution is -0.103. The van der Waals surface area contributed by atoms with Crippen LogP contribution in [-0.4, -0.2) is 37.7 Å². The fourth-order valence-electron chi connectivity index (χ4n) is 0.843. The average Bonchev–Trinajstić information content (AvgIpc) is 2.16. The standard InChI is InChI=1S/C6H12N2O3S/c7-8-6(12)11-4-5-3-9-1-2-10-5/h5H,1-4,7H2,(H,8,12)/t5-/m1/s1. The van der Waals surface area contributed by atoms with Crippen LogP contribution in [0.5, 0.6) is 0 Å². The molecule has 1 heterocycles. The Hall–Kier alpha value is -0.430. The van der Waals surface area contributed by atoms with Crippen molar-refractivity contribution in [1.82, 2.24) is 5.43 Å². The van der Waals surface area contributed by atoms with Crippen LogP contribution in [0.1, 0.15) is 0 Å². The van der Waals surface area contributed by atoms with Gasteiger partial charge >= 0.3 is 0 Å². The molecule has 0 saturated carbocycles. The molecule has 70 valence electrons. The molecule has 1 atom stereocenters. The molecule has 1 aliphatic heterocycles. The first-order valence-electron chi connectivity index (χ1n) is 3.65. The van der Waals surface area contributed by atoms with E-state index in [-0.39, 0.29) is 11.3 Å². The number of thiocarbonyl (C=S) groups is 1. The van der Waals surface area contributed by atoms with Crippen LogP contribution < -0.4 is 11.3 Å². The number of ether oxygens (including phenoxy) is 3. The van der Waals surface area contributed by atoms with E-state index in [9.17, 15) is 0 Å². The zero-order chi connectivity index (χ0) is 8.81. The Balaban J connectivity index is 2.09. The van der Waals surface area contributed by atoms with Gasteiger partial charge in [-0.05, 0) is 12.2 Å². The molecule has 1 aliphatic rings. The second kappa shape index (κ2) is 5.26. The summed E-state index contributed by atoms with van der Waals surface area (Å²) in [5, 5.41) is 0.171. The van der Waals surface area contributed by atoms with Crippen LogP contribution in [0.15, 0.2) is 0 Å². The molecule has 6 heteroatoms. The highest BCUT2D eigenvalue weighted by molar-refractivity contribution is 7.80. The maximum absolute atomic E-state index is 5.29. The molecular formula is C6H12N2O3S. The van der Waals surface area contributed by atoms with Crippen LogP contribution >= 0.6 is 12.2 Å². The second-order valence-corrected chi connectivity index (χ2v) is 2.68. The van der Waals surface area contributed by atoms with Gasteiger partial charge in [0.05, 0.1) is 19.8 Å². The predicted octanol–water partition coefficient (Wildman–Crippen LogP) is -0.833. The van der Waals surface area contributed by atoms with E-state index in [1.54, 1.807) is 0 Å². The van der Waals surface area contributed by atoms with Crippen molar-refractivity contribution in [2.45, 2.75) is 6.10 Å². The largest absolute Gasteiger partial charge is 0.467 e. The Morgan fingerprint density at radius 2 is 2.50 bits per heavy atom. The first-order valence-corrected chi connectivity index (χ1v) is 4.06. The highest BCUT2D eigenvalue weighted by Crippen LogP contribution is 2.00. The molecule has 0 unspecified atom stereocenters. The minimum absolute atomic E-state index is 0.0370. The molecule has 0 aliphatic carbocycles. The van der Waals surface area contributed by atoms with E-state index in [0.29, 0.717) is 26.4 Å². The monoisotopic (exact) mass is 192 g/mol. The summed E-state index contributed by atoms with van der Waals surface area (Å²) in [5.74, 6) is 5.00. The molecule has 12 heavy (non-hydrogen) atoms. The molecule has 3 N–H and O–H groups in total. The highest BCUT2D eigenvalue weighted by atomic mass is 32.1. The van der Waals surface area contributed by atoms with Gasteiger partial charge in [0.2, 0.25) is 0 Å². The summed E-state index contributed by atoms with van der Waals surface area (Å²) >= 11 is 4.67. The van der Waals surface area contributed by atoms with E-state index in [2.05, 4.69) is 17.6 Å². The van der Waals surface area contributed by atoms with Crippen LogP contribution in [-0.2, 0) is 14.2 Å². The maximum atomic E-state index is 5.29. The summed E-state index contributed by atoms with van der Waals surface area (Å²) in [6, 6.07) is 0. The molecular weight excluding hydrogens is 180 g/mol. The van der Waals surface area contributed by atoms with Gasteiger partial charge in [-0.2, -0.15) is 0 Å². The Bertz CT molecular complexity index is 150. The summed E-state index contributed by atoms with van der Waals surface area (Å²) in [4.78, 5) is 0. The number of nitrogens with two attached hydrogens (primary N) is 1. The van der Waals surface area contributed by atoms with E-state index in [4.69, 9.17) is 20.1 Å². The van der Waals surface area contributed by atoms with E-state index in [0.717, 1.165) is 0 Å². The fraction of sp³-hybridized carbons (Fsp3) is 0.833. The molecule has 0 radical (unpaired) electrons. The van der Waals surface area contributed by atoms with Crippen molar-refractivity contribution in [2.24, 2.45) is 5.84 Å². The summed E-state index contributed by atoms with van der Waals surface area (Å²) in [6.07, 6.45) is -0.0370. The Morgan fingerprint density at radius 1 is 1.67 bits per heavy atom. The number of rotatable bonds is 2. The number of nitrogens with one attached hydrogen (secondary N) is 1. The normalized spacial score (nSPS) is 23.2. The van der Waals surface area contributed by atoms with Crippen molar-refractivity contribution in [2.75, 3.05) is 26.4 Å². The zero-order valence-electron chi connectivity index (χ0n) is 6.62. The van der Waals surface area contributed by atoms with Gasteiger partial charge in [0.15, 0.2) is 0 Å². The molecule has 0 aromatic rings. The maximum Gasteiger partial charge on any atom is 0.271 e. The third-order valence-electron chi connectivity index (χ3n) is 1.40. The molecule has 1 saturated heterocycles. The first-order chi connectivity index (χ1) is 5.83. The Labute approximate surface area is 76.1 Å². The van der Waals surface area contributed by atoms with Crippen molar-refractivity contribution < 1.29 is 14.2 Å². The molecule has 0 aromatic heterocycles. The van der Waals surface area contributed by atoms with Crippen molar-refractivity contribution in [3.05, 3.63) is 0 Å². The predicted molar refractivity (Wildman–Crippen MR) is 46.4 cm³/mol. The van der Waals surface area contributed by atoms with Gasteiger partial charge in [-0.25, -0.2) is 5.84 Å². The van der Waals surface area contributed by atoms with Gasteiger partial charge in [0, 0.05) is 0 Å². The zero-order valence-corrected chi connectivity index (χ0v) is 7.43. The van der Waals surface area contributed by atoms with Crippen LogP contribution in [0.25, 0.3) is 0 Å². The van der Waals surface area contributed by atoms with Crippen LogP contribution in [0.4, 0.5) is 0 Å². The molecule has 0 bridgehead atoms. The summed E-state index contributed by atoms with van der Waals surface area (Å²) in [5.41, 5.74) is 2.22. The van der Waals surface area contributed by atoms with Crippen molar-refractivity contribution in [3.63, 3.8) is 0 Å². The number of hydrogen-bond donors (Lipinski definition) is 2. The third-order valence-corrected chi connectivity index (χ3v) is 1.64. The topological polar surface area (TPSA) is 65.7 Å². The quantitative estimate of drug-likeness (QED) is 0.338. The summed E-state index contributed by atoms with van der Waals surface area (Å²) in [6.45, 7) is 2.18. The first kappa shape index (κ1) is 9.66. The van der Waals surface area contributed by atoms with Gasteiger partial charge in [0.25, 0.3) is 5.17 Å². The van der Waals surface area contributed by atoms with E-state index < -0.39 is 0 Å². The lowest BCUT2D eigenvalue weighted by Gasteiger charge is -2.22. The van der Waals surface area contributed by atoms with Crippen LogP contribution in [0, 0.1) is 0 Å². The van der Waals surface area contributed by atoms with E-state index >= 15 is 0 Å². The number of hydrazine groups is 1. The third kappa shape index (κ3) is 3.31. The lowest BCUT2D eigenvalue weighted by Crippen LogP contribution is -2.37. The lowest BCUT2D eigenvalue weighted by atomic mass is 10.4. The van der Waals surface area contributed by atoms with Gasteiger partial charge in [-0.3, -0.25) is 5.43 Å². The van der Waals surface area contributed by atoms with Gasteiger partial charge < -0.3 is 14.2 Å². The molecule has 0 aromatic carbocycles. The average molecular weight is 192 g/mol. The van der Waals surface area contributed by atoms with Gasteiger partial charge in [-0.15, -0.1) is 0 Å². The molecule has 0 spiro atoms. The van der Waals surface area contributed by atoms with Gasteiger partial charge in [-0.1, -0.05) is 0 Å². The van der Waals surface area contributed by atoms with Crippen molar-refractivity contribution in [3.8, 4) is 0 Å². The molecule has 1 rings (SSSR count). The summed E-state index contributed by atoms with van der Waals surface area (Å²) < 4.78 is 15.5. The fourth-order valence-corrected chi connectivity index (χ4v) is 0.911. The summed E-state index contributed by atoms with van der Waals surface area (Å²) in [7, 11) is 0. The van der Waals surface area contributed by atoms with Gasteiger partial charge in [0.1, 0.15) is 12.7 Å². The molecule has 5 nitrogen and oxygen atoms in total. The Morgan fingerprint density at radius 3 is 3.08 bits per heavy atom. The Kier molecular flexibility index (Phi) is 4.23. The van der Waals surface area contributed by atoms with E-state index in [1.165, 1.54) is 0 Å². The highest BCUT2D eigenvalue weighted by Gasteiger charge is 2.14. The second-order valence-electron chi connectivity index (χ2n) is 2.31.